The molecule has 2 unspecified atom stereocenters. The van der Waals surface area contributed by atoms with Gasteiger partial charge in [-0.3, -0.25) is 0 Å². The van der Waals surface area contributed by atoms with E-state index in [1.807, 2.05) is 12.1 Å². The highest BCUT2D eigenvalue weighted by Crippen LogP contribution is 2.39. The highest BCUT2D eigenvalue weighted by Gasteiger charge is 2.32. The molecule has 1 N–H and O–H groups in total. The number of rotatable bonds is 4. The molecule has 3 aromatic rings. The molecule has 8 heteroatoms. The minimum atomic E-state index is -0.866. The standard InChI is InChI=1S/C18H17F2N5O/c19-12-4-3-11(9-13(12)20)17-14(7-8-26-17)21-15-5-6-16-22-23-18(10-1-2-10)25(16)24-15/h3-6,9-10,14,17H,1-2,7-8H2,(H,21,24). The molecule has 0 spiro atoms. The molecule has 3 heterocycles. The Morgan fingerprint density at radius 1 is 1.04 bits per heavy atom. The Bertz CT molecular complexity index is 971. The second-order valence-electron chi connectivity index (χ2n) is 6.83. The lowest BCUT2D eigenvalue weighted by molar-refractivity contribution is 0.107. The zero-order valence-corrected chi connectivity index (χ0v) is 13.9. The van der Waals surface area contributed by atoms with Gasteiger partial charge in [0.15, 0.2) is 23.1 Å². The van der Waals surface area contributed by atoms with Gasteiger partial charge in [-0.1, -0.05) is 6.07 Å². The van der Waals surface area contributed by atoms with Crippen molar-refractivity contribution in [3.8, 4) is 0 Å². The number of halogens is 2. The third-order valence-corrected chi connectivity index (χ3v) is 4.93. The van der Waals surface area contributed by atoms with Crippen LogP contribution < -0.4 is 5.32 Å². The summed E-state index contributed by atoms with van der Waals surface area (Å²) in [5.74, 6) is 0.293. The van der Waals surface area contributed by atoms with Gasteiger partial charge in [-0.2, -0.15) is 4.52 Å². The first-order valence-corrected chi connectivity index (χ1v) is 8.74. The molecule has 2 atom stereocenters. The molecule has 2 fully saturated rings. The lowest BCUT2D eigenvalue weighted by Crippen LogP contribution is -2.24. The number of ether oxygens (including phenoxy) is 1. The molecule has 1 saturated carbocycles. The minimum Gasteiger partial charge on any atom is -0.371 e. The predicted octanol–water partition coefficient (Wildman–Crippen LogP) is 3.22. The highest BCUT2D eigenvalue weighted by molar-refractivity contribution is 5.45. The summed E-state index contributed by atoms with van der Waals surface area (Å²) >= 11 is 0. The van der Waals surface area contributed by atoms with Gasteiger partial charge >= 0.3 is 0 Å². The van der Waals surface area contributed by atoms with E-state index in [0.717, 1.165) is 36.8 Å². The maximum absolute atomic E-state index is 13.6. The fraction of sp³-hybridized carbons (Fsp3) is 0.389. The summed E-state index contributed by atoms with van der Waals surface area (Å²) in [6.45, 7) is 0.545. The van der Waals surface area contributed by atoms with E-state index in [-0.39, 0.29) is 12.1 Å². The third-order valence-electron chi connectivity index (χ3n) is 4.93. The van der Waals surface area contributed by atoms with Crippen LogP contribution in [0.4, 0.5) is 14.6 Å². The van der Waals surface area contributed by atoms with Crippen LogP contribution in [0, 0.1) is 11.6 Å². The molecular weight excluding hydrogens is 340 g/mol. The van der Waals surface area contributed by atoms with Crippen molar-refractivity contribution in [1.82, 2.24) is 19.8 Å². The number of anilines is 1. The summed E-state index contributed by atoms with van der Waals surface area (Å²) in [6.07, 6.45) is 2.64. The zero-order valence-electron chi connectivity index (χ0n) is 13.9. The molecular formula is C18H17F2N5O. The maximum atomic E-state index is 13.6. The van der Waals surface area contributed by atoms with Crippen molar-refractivity contribution in [3.63, 3.8) is 0 Å². The van der Waals surface area contributed by atoms with Crippen LogP contribution in [0.5, 0.6) is 0 Å². The van der Waals surface area contributed by atoms with Crippen LogP contribution in [0.15, 0.2) is 30.3 Å². The molecule has 0 bridgehead atoms. The molecule has 1 saturated heterocycles. The first kappa shape index (κ1) is 15.6. The van der Waals surface area contributed by atoms with Gasteiger partial charge in [0.25, 0.3) is 0 Å². The van der Waals surface area contributed by atoms with E-state index in [1.54, 1.807) is 10.6 Å². The number of hydrogen-bond donors (Lipinski definition) is 1. The molecule has 5 rings (SSSR count). The smallest absolute Gasteiger partial charge is 0.178 e. The van der Waals surface area contributed by atoms with Crippen LogP contribution in [0.1, 0.15) is 42.7 Å². The van der Waals surface area contributed by atoms with Crippen molar-refractivity contribution in [2.75, 3.05) is 11.9 Å². The monoisotopic (exact) mass is 357 g/mol. The molecule has 134 valence electrons. The van der Waals surface area contributed by atoms with Crippen molar-refractivity contribution in [2.24, 2.45) is 0 Å². The van der Waals surface area contributed by atoms with Crippen LogP contribution in [0.2, 0.25) is 0 Å². The minimum absolute atomic E-state index is 0.0781. The molecule has 2 aliphatic rings. The van der Waals surface area contributed by atoms with E-state index in [1.165, 1.54) is 6.07 Å². The van der Waals surface area contributed by atoms with Crippen LogP contribution in [0.3, 0.4) is 0 Å². The first-order valence-electron chi connectivity index (χ1n) is 8.74. The van der Waals surface area contributed by atoms with Crippen molar-refractivity contribution in [2.45, 2.75) is 37.3 Å². The summed E-state index contributed by atoms with van der Waals surface area (Å²) < 4.78 is 34.3. The van der Waals surface area contributed by atoms with Gasteiger partial charge in [0.05, 0.1) is 6.04 Å². The maximum Gasteiger partial charge on any atom is 0.178 e. The summed E-state index contributed by atoms with van der Waals surface area (Å²) in [5, 5.41) is 16.4. The fourth-order valence-corrected chi connectivity index (χ4v) is 3.42. The van der Waals surface area contributed by atoms with E-state index < -0.39 is 11.6 Å². The predicted molar refractivity (Wildman–Crippen MR) is 89.8 cm³/mol. The van der Waals surface area contributed by atoms with E-state index in [9.17, 15) is 8.78 Å². The normalized spacial score (nSPS) is 22.8. The Labute approximate surface area is 148 Å². The van der Waals surface area contributed by atoms with E-state index in [0.29, 0.717) is 23.9 Å². The van der Waals surface area contributed by atoms with Crippen LogP contribution in [-0.2, 0) is 4.74 Å². The van der Waals surface area contributed by atoms with Crippen molar-refractivity contribution in [3.05, 3.63) is 53.4 Å². The summed E-state index contributed by atoms with van der Waals surface area (Å²) in [5.41, 5.74) is 1.33. The zero-order chi connectivity index (χ0) is 17.7. The Balaban J connectivity index is 1.41. The van der Waals surface area contributed by atoms with E-state index in [2.05, 4.69) is 20.6 Å². The second kappa shape index (κ2) is 5.98. The van der Waals surface area contributed by atoms with Crippen LogP contribution >= 0.6 is 0 Å². The summed E-state index contributed by atoms with van der Waals surface area (Å²) in [6, 6.07) is 7.53. The topological polar surface area (TPSA) is 64.3 Å². The number of fused-ring (bicyclic) bond motifs is 1. The Hall–Kier alpha value is -2.61. The molecule has 26 heavy (non-hydrogen) atoms. The van der Waals surface area contributed by atoms with Gasteiger partial charge in [-0.15, -0.1) is 15.3 Å². The quantitative estimate of drug-likeness (QED) is 0.777. The van der Waals surface area contributed by atoms with Crippen molar-refractivity contribution >= 4 is 11.5 Å². The average Bonchev–Trinajstić information content (AvgIpc) is 3.23. The molecule has 1 aromatic carbocycles. The lowest BCUT2D eigenvalue weighted by Gasteiger charge is -2.21. The summed E-state index contributed by atoms with van der Waals surface area (Å²) in [7, 11) is 0. The molecule has 2 aromatic heterocycles. The third kappa shape index (κ3) is 2.70. The average molecular weight is 357 g/mol. The fourth-order valence-electron chi connectivity index (χ4n) is 3.42. The number of hydrogen-bond acceptors (Lipinski definition) is 5. The van der Waals surface area contributed by atoms with Crippen molar-refractivity contribution in [1.29, 1.82) is 0 Å². The van der Waals surface area contributed by atoms with Gasteiger partial charge in [0, 0.05) is 12.5 Å². The van der Waals surface area contributed by atoms with Gasteiger partial charge in [-0.05, 0) is 49.1 Å². The van der Waals surface area contributed by atoms with E-state index >= 15 is 0 Å². The Morgan fingerprint density at radius 3 is 2.73 bits per heavy atom. The van der Waals surface area contributed by atoms with Gasteiger partial charge in [-0.25, -0.2) is 8.78 Å². The first-order chi connectivity index (χ1) is 12.7. The molecule has 0 amide bonds. The molecule has 0 radical (unpaired) electrons. The van der Waals surface area contributed by atoms with Gasteiger partial charge in [0.2, 0.25) is 0 Å². The lowest BCUT2D eigenvalue weighted by atomic mass is 10.0. The Morgan fingerprint density at radius 2 is 1.92 bits per heavy atom. The molecule has 6 nitrogen and oxygen atoms in total. The molecule has 1 aliphatic heterocycles. The van der Waals surface area contributed by atoms with Gasteiger partial charge < -0.3 is 10.1 Å². The highest BCUT2D eigenvalue weighted by atomic mass is 19.2. The second-order valence-corrected chi connectivity index (χ2v) is 6.83. The number of aromatic nitrogens is 4. The molecule has 1 aliphatic carbocycles. The van der Waals surface area contributed by atoms with Gasteiger partial charge in [0.1, 0.15) is 11.9 Å². The largest absolute Gasteiger partial charge is 0.371 e. The number of benzene rings is 1. The number of nitrogens with zero attached hydrogens (tertiary/aromatic N) is 4. The summed E-state index contributed by atoms with van der Waals surface area (Å²) in [4.78, 5) is 0. The SMILES string of the molecule is Fc1ccc(C2OCCC2Nc2ccc3nnc(C4CC4)n3n2)cc1F. The van der Waals surface area contributed by atoms with Crippen molar-refractivity contribution < 1.29 is 13.5 Å². The van der Waals surface area contributed by atoms with E-state index in [4.69, 9.17) is 4.74 Å². The van der Waals surface area contributed by atoms with Crippen LogP contribution in [0.25, 0.3) is 5.65 Å². The van der Waals surface area contributed by atoms with Crippen LogP contribution in [-0.4, -0.2) is 32.5 Å². The Kier molecular flexibility index (Phi) is 3.59. The number of nitrogens with one attached hydrogen (secondary N) is 1.